The molecular weight excluding hydrogens is 452 g/mol. The first-order valence-corrected chi connectivity index (χ1v) is 12.4. The molecule has 4 atom stereocenters. The van der Waals surface area contributed by atoms with Crippen LogP contribution in [0.25, 0.3) is 0 Å². The molecule has 3 aromatic carbocycles. The van der Waals surface area contributed by atoms with E-state index in [1.807, 2.05) is 97.9 Å². The van der Waals surface area contributed by atoms with E-state index in [1.54, 1.807) is 4.90 Å². The van der Waals surface area contributed by atoms with Crippen molar-refractivity contribution in [3.05, 3.63) is 108 Å². The van der Waals surface area contributed by atoms with E-state index in [2.05, 4.69) is 5.32 Å². The van der Waals surface area contributed by atoms with E-state index in [9.17, 15) is 14.4 Å². The Balaban J connectivity index is 1.89. The van der Waals surface area contributed by atoms with E-state index < -0.39 is 29.9 Å². The third kappa shape index (κ3) is 5.18. The highest BCUT2D eigenvalue weighted by Crippen LogP contribution is 2.50. The van der Waals surface area contributed by atoms with Gasteiger partial charge in [-0.1, -0.05) is 97.9 Å². The largest absolute Gasteiger partial charge is 0.469 e. The molecule has 36 heavy (non-hydrogen) atoms. The molecule has 4 rings (SSSR count). The highest BCUT2D eigenvalue weighted by atomic mass is 16.5. The summed E-state index contributed by atoms with van der Waals surface area (Å²) in [4.78, 5) is 42.8. The fourth-order valence-corrected chi connectivity index (χ4v) is 5.22. The number of ether oxygens (including phenoxy) is 1. The van der Waals surface area contributed by atoms with Crippen LogP contribution in [0.2, 0.25) is 0 Å². The second-order valence-electron chi connectivity index (χ2n) is 9.04. The van der Waals surface area contributed by atoms with Crippen molar-refractivity contribution in [3.63, 3.8) is 0 Å². The van der Waals surface area contributed by atoms with Crippen LogP contribution in [0.4, 0.5) is 0 Å². The van der Waals surface area contributed by atoms with Crippen molar-refractivity contribution in [3.8, 4) is 0 Å². The number of nitrogens with one attached hydrogen (secondary N) is 1. The van der Waals surface area contributed by atoms with E-state index in [0.717, 1.165) is 23.1 Å². The molecular formula is C30H32N2O4. The Labute approximate surface area is 212 Å². The van der Waals surface area contributed by atoms with Crippen LogP contribution >= 0.6 is 0 Å². The Bertz CT molecular complexity index is 1170. The van der Waals surface area contributed by atoms with Gasteiger partial charge < -0.3 is 15.0 Å². The number of hydrogen-bond acceptors (Lipinski definition) is 4. The normalized spacial score (nSPS) is 21.1. The van der Waals surface area contributed by atoms with Gasteiger partial charge in [-0.25, -0.2) is 0 Å². The zero-order valence-corrected chi connectivity index (χ0v) is 20.7. The van der Waals surface area contributed by atoms with Gasteiger partial charge in [-0.3, -0.25) is 14.4 Å². The minimum absolute atomic E-state index is 0.122. The zero-order valence-electron chi connectivity index (χ0n) is 20.7. The van der Waals surface area contributed by atoms with Gasteiger partial charge in [0.05, 0.1) is 25.5 Å². The van der Waals surface area contributed by atoms with Gasteiger partial charge >= 0.3 is 5.97 Å². The van der Waals surface area contributed by atoms with Crippen LogP contribution in [-0.4, -0.2) is 42.4 Å². The average molecular weight is 485 g/mol. The van der Waals surface area contributed by atoms with Gasteiger partial charge in [0.2, 0.25) is 11.8 Å². The highest BCUT2D eigenvalue weighted by molar-refractivity contribution is 5.93. The number of hydrogen-bond donors (Lipinski definition) is 1. The van der Waals surface area contributed by atoms with Crippen LogP contribution in [0.1, 0.15) is 42.0 Å². The lowest BCUT2D eigenvalue weighted by Gasteiger charge is -2.31. The summed E-state index contributed by atoms with van der Waals surface area (Å²) in [7, 11) is 1.35. The number of carbonyl (C=O) groups excluding carboxylic acids is 3. The number of esters is 1. The SMILES string of the molecule is CCCNC(=O)C1C(c2ccccc2)C(C(=O)OC)C(c2ccccc2)N1C(=O)Cc1ccccc1. The molecule has 4 unspecified atom stereocenters. The minimum Gasteiger partial charge on any atom is -0.469 e. The average Bonchev–Trinajstić information content (AvgIpc) is 3.29. The molecule has 1 N–H and O–H groups in total. The molecule has 1 aliphatic heterocycles. The van der Waals surface area contributed by atoms with E-state index in [1.165, 1.54) is 7.11 Å². The molecule has 0 aliphatic carbocycles. The molecule has 0 aromatic heterocycles. The summed E-state index contributed by atoms with van der Waals surface area (Å²) in [5, 5.41) is 2.99. The van der Waals surface area contributed by atoms with Gasteiger partial charge in [0.1, 0.15) is 6.04 Å². The van der Waals surface area contributed by atoms with Crippen LogP contribution in [0.3, 0.4) is 0 Å². The van der Waals surface area contributed by atoms with Crippen LogP contribution < -0.4 is 5.32 Å². The first-order chi connectivity index (χ1) is 17.6. The van der Waals surface area contributed by atoms with Gasteiger partial charge in [0.15, 0.2) is 0 Å². The first-order valence-electron chi connectivity index (χ1n) is 12.4. The molecule has 6 heteroatoms. The van der Waals surface area contributed by atoms with E-state index in [-0.39, 0.29) is 18.2 Å². The maximum Gasteiger partial charge on any atom is 0.311 e. The van der Waals surface area contributed by atoms with Gasteiger partial charge in [-0.2, -0.15) is 0 Å². The van der Waals surface area contributed by atoms with E-state index in [0.29, 0.717) is 6.54 Å². The molecule has 1 heterocycles. The molecule has 3 aromatic rings. The molecule has 0 radical (unpaired) electrons. The zero-order chi connectivity index (χ0) is 25.5. The van der Waals surface area contributed by atoms with Crippen LogP contribution in [0, 0.1) is 5.92 Å². The van der Waals surface area contributed by atoms with E-state index in [4.69, 9.17) is 4.74 Å². The number of methoxy groups -OCH3 is 1. The number of amides is 2. The lowest BCUT2D eigenvalue weighted by molar-refractivity contribution is -0.147. The third-order valence-electron chi connectivity index (χ3n) is 6.77. The molecule has 0 saturated carbocycles. The maximum absolute atomic E-state index is 14.0. The molecule has 2 amide bonds. The third-order valence-corrected chi connectivity index (χ3v) is 6.77. The van der Waals surface area contributed by atoms with Crippen molar-refractivity contribution in [2.45, 2.75) is 37.8 Å². The van der Waals surface area contributed by atoms with Crippen LogP contribution in [0.5, 0.6) is 0 Å². The predicted octanol–water partition coefficient (Wildman–Crippen LogP) is 4.28. The summed E-state index contributed by atoms with van der Waals surface area (Å²) in [6.07, 6.45) is 0.881. The fourth-order valence-electron chi connectivity index (χ4n) is 5.22. The van der Waals surface area contributed by atoms with Gasteiger partial charge in [0, 0.05) is 12.5 Å². The van der Waals surface area contributed by atoms with Crippen molar-refractivity contribution in [1.82, 2.24) is 10.2 Å². The summed E-state index contributed by atoms with van der Waals surface area (Å²) in [5.74, 6) is -2.24. The summed E-state index contributed by atoms with van der Waals surface area (Å²) in [6.45, 7) is 2.46. The number of benzene rings is 3. The minimum atomic E-state index is -0.871. The second kappa shape index (κ2) is 11.7. The second-order valence-corrected chi connectivity index (χ2v) is 9.04. The molecule has 0 spiro atoms. The lowest BCUT2D eigenvalue weighted by atomic mass is 9.80. The summed E-state index contributed by atoms with van der Waals surface area (Å²) >= 11 is 0. The Morgan fingerprint density at radius 2 is 1.39 bits per heavy atom. The molecule has 1 fully saturated rings. The Hall–Kier alpha value is -3.93. The summed E-state index contributed by atoms with van der Waals surface area (Å²) in [6, 6.07) is 26.9. The highest BCUT2D eigenvalue weighted by Gasteiger charge is 2.57. The standard InChI is InChI=1S/C30H32N2O4/c1-3-19-31-29(34)28-25(22-15-9-5-10-16-22)26(30(35)36-2)27(23-17-11-6-12-18-23)32(28)24(33)20-21-13-7-4-8-14-21/h4-18,25-28H,3,19-20H2,1-2H3,(H,31,34). The Kier molecular flexibility index (Phi) is 8.16. The monoisotopic (exact) mass is 484 g/mol. The van der Waals surface area contributed by atoms with Crippen molar-refractivity contribution < 1.29 is 19.1 Å². The molecule has 6 nitrogen and oxygen atoms in total. The molecule has 1 saturated heterocycles. The van der Waals surface area contributed by atoms with E-state index >= 15 is 0 Å². The van der Waals surface area contributed by atoms with Gasteiger partial charge in [-0.15, -0.1) is 0 Å². The Morgan fingerprint density at radius 1 is 0.833 bits per heavy atom. The number of likely N-dealkylation sites (tertiary alicyclic amines) is 1. The molecule has 1 aliphatic rings. The number of carbonyl (C=O) groups is 3. The quantitative estimate of drug-likeness (QED) is 0.484. The van der Waals surface area contributed by atoms with Crippen molar-refractivity contribution in [2.75, 3.05) is 13.7 Å². The Morgan fingerprint density at radius 3 is 1.94 bits per heavy atom. The number of nitrogens with zero attached hydrogens (tertiary/aromatic N) is 1. The van der Waals surface area contributed by atoms with Crippen LogP contribution in [-0.2, 0) is 25.5 Å². The van der Waals surface area contributed by atoms with Crippen molar-refractivity contribution in [1.29, 1.82) is 0 Å². The maximum atomic E-state index is 14.0. The van der Waals surface area contributed by atoms with Crippen molar-refractivity contribution in [2.24, 2.45) is 5.92 Å². The van der Waals surface area contributed by atoms with Crippen LogP contribution in [0.15, 0.2) is 91.0 Å². The van der Waals surface area contributed by atoms with Gasteiger partial charge in [-0.05, 0) is 23.1 Å². The van der Waals surface area contributed by atoms with Gasteiger partial charge in [0.25, 0.3) is 0 Å². The van der Waals surface area contributed by atoms with Crippen molar-refractivity contribution >= 4 is 17.8 Å². The lowest BCUT2D eigenvalue weighted by Crippen LogP contribution is -2.49. The predicted molar refractivity (Wildman–Crippen MR) is 138 cm³/mol. The molecule has 186 valence electrons. The molecule has 0 bridgehead atoms. The topological polar surface area (TPSA) is 75.7 Å². The number of rotatable bonds is 8. The summed E-state index contributed by atoms with van der Waals surface area (Å²) in [5.41, 5.74) is 2.46. The fraction of sp³-hybridized carbons (Fsp3) is 0.300. The summed E-state index contributed by atoms with van der Waals surface area (Å²) < 4.78 is 5.28. The smallest absolute Gasteiger partial charge is 0.311 e. The first kappa shape index (κ1) is 25.2.